The SMILES string of the molecule is O=[N+]([O-])c1ccccc1S(=O)(=O)Nc1ccc(F)c(Cl)c1. The quantitative estimate of drug-likeness (QED) is 0.688. The normalized spacial score (nSPS) is 11.1. The molecule has 0 saturated heterocycles. The third kappa shape index (κ3) is 3.29. The van der Waals surface area contributed by atoms with E-state index in [1.54, 1.807) is 0 Å². The Morgan fingerprint density at radius 2 is 1.86 bits per heavy atom. The molecule has 0 aliphatic carbocycles. The highest BCUT2D eigenvalue weighted by Gasteiger charge is 2.25. The second-order valence-electron chi connectivity index (χ2n) is 3.96. The van der Waals surface area contributed by atoms with E-state index in [2.05, 4.69) is 4.72 Å². The molecule has 0 aromatic heterocycles. The van der Waals surface area contributed by atoms with Crippen molar-refractivity contribution in [2.45, 2.75) is 4.90 Å². The standard InChI is InChI=1S/C12H8ClFN2O4S/c13-9-7-8(5-6-10(9)14)15-21(19,20)12-4-2-1-3-11(12)16(17)18/h1-7,15H. The van der Waals surface area contributed by atoms with Crippen molar-refractivity contribution in [2.75, 3.05) is 4.72 Å². The Labute approximate surface area is 124 Å². The number of benzene rings is 2. The van der Waals surface area contributed by atoms with E-state index < -0.39 is 31.3 Å². The molecule has 1 N–H and O–H groups in total. The van der Waals surface area contributed by atoms with Crippen molar-refractivity contribution in [3.63, 3.8) is 0 Å². The first kappa shape index (κ1) is 15.2. The molecule has 0 fully saturated rings. The van der Waals surface area contributed by atoms with E-state index in [-0.39, 0.29) is 10.7 Å². The summed E-state index contributed by atoms with van der Waals surface area (Å²) < 4.78 is 39.5. The van der Waals surface area contributed by atoms with E-state index in [0.717, 1.165) is 30.3 Å². The minimum absolute atomic E-state index is 0.000416. The molecule has 0 saturated carbocycles. The first-order chi connectivity index (χ1) is 9.81. The first-order valence-electron chi connectivity index (χ1n) is 5.52. The lowest BCUT2D eigenvalue weighted by Gasteiger charge is -2.08. The molecule has 21 heavy (non-hydrogen) atoms. The predicted octanol–water partition coefficient (Wildman–Crippen LogP) is 3.19. The van der Waals surface area contributed by atoms with Crippen molar-refractivity contribution in [1.29, 1.82) is 0 Å². The van der Waals surface area contributed by atoms with Gasteiger partial charge in [-0.3, -0.25) is 14.8 Å². The fraction of sp³-hybridized carbons (Fsp3) is 0. The van der Waals surface area contributed by atoms with E-state index in [1.165, 1.54) is 12.1 Å². The van der Waals surface area contributed by atoms with E-state index in [9.17, 15) is 22.9 Å². The second kappa shape index (κ2) is 5.66. The van der Waals surface area contributed by atoms with E-state index in [1.807, 2.05) is 0 Å². The van der Waals surface area contributed by atoms with Gasteiger partial charge in [-0.25, -0.2) is 12.8 Å². The summed E-state index contributed by atoms with van der Waals surface area (Å²) in [6.07, 6.45) is 0. The van der Waals surface area contributed by atoms with Crippen LogP contribution in [0.1, 0.15) is 0 Å². The highest BCUT2D eigenvalue weighted by atomic mass is 35.5. The fourth-order valence-corrected chi connectivity index (χ4v) is 3.01. The molecule has 0 spiro atoms. The maximum Gasteiger partial charge on any atom is 0.289 e. The predicted molar refractivity (Wildman–Crippen MR) is 75.3 cm³/mol. The first-order valence-corrected chi connectivity index (χ1v) is 7.38. The Morgan fingerprint density at radius 3 is 2.48 bits per heavy atom. The van der Waals surface area contributed by atoms with Crippen LogP contribution in [0.4, 0.5) is 15.8 Å². The van der Waals surface area contributed by atoms with Crippen LogP contribution in [-0.2, 0) is 10.0 Å². The summed E-state index contributed by atoms with van der Waals surface area (Å²) in [4.78, 5) is 9.57. The van der Waals surface area contributed by atoms with Gasteiger partial charge in [-0.15, -0.1) is 0 Å². The summed E-state index contributed by atoms with van der Waals surface area (Å²) in [6.45, 7) is 0. The lowest BCUT2D eigenvalue weighted by atomic mass is 10.3. The molecule has 0 bridgehead atoms. The number of rotatable bonds is 4. The van der Waals surface area contributed by atoms with Crippen molar-refractivity contribution in [1.82, 2.24) is 0 Å². The smallest absolute Gasteiger partial charge is 0.279 e. The van der Waals surface area contributed by atoms with Crippen molar-refractivity contribution < 1.29 is 17.7 Å². The van der Waals surface area contributed by atoms with Gasteiger partial charge >= 0.3 is 0 Å². The highest BCUT2D eigenvalue weighted by Crippen LogP contribution is 2.26. The van der Waals surface area contributed by atoms with Crippen molar-refractivity contribution in [3.05, 3.63) is 63.4 Å². The van der Waals surface area contributed by atoms with Gasteiger partial charge in [0.1, 0.15) is 5.82 Å². The number of nitro groups is 1. The van der Waals surface area contributed by atoms with E-state index in [0.29, 0.717) is 0 Å². The number of sulfonamides is 1. The Morgan fingerprint density at radius 1 is 1.19 bits per heavy atom. The van der Waals surface area contributed by atoms with Crippen molar-refractivity contribution >= 4 is 33.0 Å². The average molecular weight is 331 g/mol. The highest BCUT2D eigenvalue weighted by molar-refractivity contribution is 7.92. The maximum absolute atomic E-state index is 13.0. The summed E-state index contributed by atoms with van der Waals surface area (Å²) in [6, 6.07) is 8.11. The number of nitrogens with zero attached hydrogens (tertiary/aromatic N) is 1. The number of para-hydroxylation sites is 1. The van der Waals surface area contributed by atoms with Crippen LogP contribution >= 0.6 is 11.6 Å². The number of nitro benzene ring substituents is 1. The Bertz CT molecular complexity index is 811. The van der Waals surface area contributed by atoms with Gasteiger partial charge in [-0.05, 0) is 24.3 Å². The molecule has 2 rings (SSSR count). The fourth-order valence-electron chi connectivity index (χ4n) is 1.60. The van der Waals surface area contributed by atoms with Crippen LogP contribution in [0.2, 0.25) is 5.02 Å². The summed E-state index contributed by atoms with van der Waals surface area (Å²) in [5, 5.41) is 10.6. The summed E-state index contributed by atoms with van der Waals surface area (Å²) in [5.41, 5.74) is -0.558. The zero-order valence-electron chi connectivity index (χ0n) is 10.3. The van der Waals surface area contributed by atoms with Gasteiger partial charge in [0.15, 0.2) is 4.90 Å². The lowest BCUT2D eigenvalue weighted by molar-refractivity contribution is -0.387. The Hall–Kier alpha value is -2.19. The minimum Gasteiger partial charge on any atom is -0.279 e. The van der Waals surface area contributed by atoms with Crippen LogP contribution in [0.15, 0.2) is 47.4 Å². The van der Waals surface area contributed by atoms with Crippen LogP contribution in [0.5, 0.6) is 0 Å². The molecule has 0 unspecified atom stereocenters. The zero-order valence-corrected chi connectivity index (χ0v) is 11.9. The molecule has 2 aromatic rings. The van der Waals surface area contributed by atoms with Crippen molar-refractivity contribution in [2.24, 2.45) is 0 Å². The Balaban J connectivity index is 2.43. The van der Waals surface area contributed by atoms with Crippen LogP contribution in [0.3, 0.4) is 0 Å². The van der Waals surface area contributed by atoms with E-state index >= 15 is 0 Å². The molecule has 0 radical (unpaired) electrons. The largest absolute Gasteiger partial charge is 0.289 e. The van der Waals surface area contributed by atoms with Crippen molar-refractivity contribution in [3.8, 4) is 0 Å². The van der Waals surface area contributed by atoms with Gasteiger partial charge in [-0.2, -0.15) is 0 Å². The average Bonchev–Trinajstić information content (AvgIpc) is 2.42. The third-order valence-electron chi connectivity index (χ3n) is 2.52. The molecule has 110 valence electrons. The Kier molecular flexibility index (Phi) is 4.10. The van der Waals surface area contributed by atoms with Gasteiger partial charge in [0.25, 0.3) is 15.7 Å². The van der Waals surface area contributed by atoms with Crippen LogP contribution in [0.25, 0.3) is 0 Å². The topological polar surface area (TPSA) is 89.3 Å². The molecule has 0 aliphatic heterocycles. The second-order valence-corrected chi connectivity index (χ2v) is 6.02. The summed E-state index contributed by atoms with van der Waals surface area (Å²) >= 11 is 5.55. The molecule has 0 atom stereocenters. The minimum atomic E-state index is -4.19. The molecular weight excluding hydrogens is 323 g/mol. The number of hydrogen-bond acceptors (Lipinski definition) is 4. The molecule has 0 heterocycles. The van der Waals surface area contributed by atoms with Crippen LogP contribution in [0, 0.1) is 15.9 Å². The molecule has 0 amide bonds. The molecular formula is C12H8ClFN2O4S. The monoisotopic (exact) mass is 330 g/mol. The molecule has 9 heteroatoms. The zero-order chi connectivity index (χ0) is 15.6. The van der Waals surface area contributed by atoms with Crippen LogP contribution in [-0.4, -0.2) is 13.3 Å². The number of hydrogen-bond donors (Lipinski definition) is 1. The van der Waals surface area contributed by atoms with Gasteiger partial charge in [0, 0.05) is 6.07 Å². The van der Waals surface area contributed by atoms with Gasteiger partial charge in [0.2, 0.25) is 0 Å². The molecule has 6 nitrogen and oxygen atoms in total. The van der Waals surface area contributed by atoms with Gasteiger partial charge in [0.05, 0.1) is 15.6 Å². The van der Waals surface area contributed by atoms with E-state index in [4.69, 9.17) is 11.6 Å². The molecule has 0 aliphatic rings. The third-order valence-corrected chi connectivity index (χ3v) is 4.24. The van der Waals surface area contributed by atoms with Crippen LogP contribution < -0.4 is 4.72 Å². The summed E-state index contributed by atoms with van der Waals surface area (Å²) in [5.74, 6) is -0.703. The number of halogens is 2. The van der Waals surface area contributed by atoms with Gasteiger partial charge in [-0.1, -0.05) is 23.7 Å². The number of nitrogens with one attached hydrogen (secondary N) is 1. The maximum atomic E-state index is 13.0. The van der Waals surface area contributed by atoms with Gasteiger partial charge < -0.3 is 0 Å². The lowest BCUT2D eigenvalue weighted by Crippen LogP contribution is -2.14. The molecule has 2 aromatic carbocycles. The number of anilines is 1. The summed E-state index contributed by atoms with van der Waals surface area (Å²) in [7, 11) is -4.19.